The molecule has 0 spiro atoms. The number of hydrogen-bond donors (Lipinski definition) is 0. The molecule has 0 N–H and O–H groups in total. The van der Waals surface area contributed by atoms with E-state index in [1.54, 1.807) is 23.1 Å². The van der Waals surface area contributed by atoms with Crippen molar-refractivity contribution < 1.29 is 18.4 Å². The molecule has 1 aliphatic heterocycles. The first-order chi connectivity index (χ1) is 13.1. The number of halogens is 2. The van der Waals surface area contributed by atoms with Crippen molar-refractivity contribution in [2.75, 3.05) is 6.54 Å². The summed E-state index contributed by atoms with van der Waals surface area (Å²) in [6, 6.07) is 12.4. The van der Waals surface area contributed by atoms with Crippen LogP contribution in [0.2, 0.25) is 0 Å². The van der Waals surface area contributed by atoms with Gasteiger partial charge in [0.1, 0.15) is 11.6 Å². The molecule has 4 rings (SSSR count). The summed E-state index contributed by atoms with van der Waals surface area (Å²) in [5.41, 5.74) is 2.30. The molecule has 1 fully saturated rings. The standard InChI is InChI=1S/C21H20F2N2O2/c22-17-8-6-15(7-9-17)20-11-19(27-24-20)13-25(21(26)16-4-5-16)12-14-2-1-3-18(23)10-14/h1-3,6-10,16,19H,4-5,11-13H2/t19-/m1/s1. The van der Waals surface area contributed by atoms with Crippen molar-refractivity contribution in [1.29, 1.82) is 0 Å². The van der Waals surface area contributed by atoms with Crippen LogP contribution in [0, 0.1) is 17.6 Å². The lowest BCUT2D eigenvalue weighted by Gasteiger charge is -2.25. The summed E-state index contributed by atoms with van der Waals surface area (Å²) in [5.74, 6) is -0.466. The zero-order valence-corrected chi connectivity index (χ0v) is 14.8. The smallest absolute Gasteiger partial charge is 0.226 e. The van der Waals surface area contributed by atoms with Crippen LogP contribution in [0.4, 0.5) is 8.78 Å². The number of rotatable bonds is 6. The lowest BCUT2D eigenvalue weighted by molar-refractivity contribution is -0.135. The highest BCUT2D eigenvalue weighted by Gasteiger charge is 2.35. The Morgan fingerprint density at radius 3 is 2.59 bits per heavy atom. The van der Waals surface area contributed by atoms with Crippen LogP contribution in [0.1, 0.15) is 30.4 Å². The number of benzene rings is 2. The van der Waals surface area contributed by atoms with Crippen molar-refractivity contribution in [1.82, 2.24) is 4.90 Å². The highest BCUT2D eigenvalue weighted by molar-refractivity contribution is 6.01. The molecule has 6 heteroatoms. The van der Waals surface area contributed by atoms with E-state index in [0.29, 0.717) is 19.5 Å². The summed E-state index contributed by atoms with van der Waals surface area (Å²) in [7, 11) is 0. The molecule has 0 saturated heterocycles. The molecule has 1 heterocycles. The number of amides is 1. The molecule has 140 valence electrons. The van der Waals surface area contributed by atoms with Crippen LogP contribution >= 0.6 is 0 Å². The summed E-state index contributed by atoms with van der Waals surface area (Å²) < 4.78 is 26.6. The number of hydrogen-bond acceptors (Lipinski definition) is 3. The first kappa shape index (κ1) is 17.6. The zero-order valence-electron chi connectivity index (χ0n) is 14.8. The van der Waals surface area contributed by atoms with Crippen LogP contribution in [0.25, 0.3) is 0 Å². The normalized spacial score (nSPS) is 18.7. The second-order valence-corrected chi connectivity index (χ2v) is 7.10. The zero-order chi connectivity index (χ0) is 18.8. The van der Waals surface area contributed by atoms with E-state index in [0.717, 1.165) is 29.7 Å². The number of nitrogens with zero attached hydrogens (tertiary/aromatic N) is 2. The number of carbonyl (C=O) groups excluding carboxylic acids is 1. The first-order valence-corrected chi connectivity index (χ1v) is 9.10. The van der Waals surface area contributed by atoms with Gasteiger partial charge in [0, 0.05) is 18.9 Å². The van der Waals surface area contributed by atoms with Gasteiger partial charge in [-0.15, -0.1) is 0 Å². The molecule has 0 bridgehead atoms. The van der Waals surface area contributed by atoms with E-state index < -0.39 is 0 Å². The SMILES string of the molecule is O=C(C1CC1)N(Cc1cccc(F)c1)C[C@H]1CC(c2ccc(F)cc2)=NO1. The average molecular weight is 370 g/mol. The lowest BCUT2D eigenvalue weighted by Crippen LogP contribution is -2.38. The van der Waals surface area contributed by atoms with E-state index in [1.165, 1.54) is 24.3 Å². The summed E-state index contributed by atoms with van der Waals surface area (Å²) >= 11 is 0. The van der Waals surface area contributed by atoms with Gasteiger partial charge >= 0.3 is 0 Å². The van der Waals surface area contributed by atoms with E-state index in [2.05, 4.69) is 5.16 Å². The summed E-state index contributed by atoms with van der Waals surface area (Å²) in [4.78, 5) is 19.9. The Hall–Kier alpha value is -2.76. The number of carbonyl (C=O) groups is 1. The molecular formula is C21H20F2N2O2. The van der Waals surface area contributed by atoms with E-state index in [9.17, 15) is 13.6 Å². The van der Waals surface area contributed by atoms with E-state index in [4.69, 9.17) is 4.84 Å². The molecule has 0 aromatic heterocycles. The third-order valence-electron chi connectivity index (χ3n) is 4.84. The van der Waals surface area contributed by atoms with Gasteiger partial charge in [-0.1, -0.05) is 29.4 Å². The van der Waals surface area contributed by atoms with Crippen molar-refractivity contribution in [3.05, 3.63) is 71.3 Å². The van der Waals surface area contributed by atoms with Crippen LogP contribution in [-0.2, 0) is 16.2 Å². The molecule has 27 heavy (non-hydrogen) atoms. The fourth-order valence-electron chi connectivity index (χ4n) is 3.26. The Morgan fingerprint density at radius 1 is 1.11 bits per heavy atom. The van der Waals surface area contributed by atoms with Crippen molar-refractivity contribution in [2.24, 2.45) is 11.1 Å². The van der Waals surface area contributed by atoms with E-state index >= 15 is 0 Å². The average Bonchev–Trinajstić information content (AvgIpc) is 3.40. The van der Waals surface area contributed by atoms with Crippen LogP contribution in [-0.4, -0.2) is 29.2 Å². The van der Waals surface area contributed by atoms with Crippen molar-refractivity contribution in [3.8, 4) is 0 Å². The highest BCUT2D eigenvalue weighted by atomic mass is 19.1. The molecule has 0 unspecified atom stereocenters. The Balaban J connectivity index is 1.43. The van der Waals surface area contributed by atoms with Gasteiger partial charge in [-0.2, -0.15) is 0 Å². The highest BCUT2D eigenvalue weighted by Crippen LogP contribution is 2.32. The van der Waals surface area contributed by atoms with Gasteiger partial charge in [0.05, 0.1) is 12.3 Å². The van der Waals surface area contributed by atoms with E-state index in [1.807, 2.05) is 6.07 Å². The molecule has 2 aliphatic rings. The first-order valence-electron chi connectivity index (χ1n) is 9.10. The van der Waals surface area contributed by atoms with Gasteiger partial charge in [0.25, 0.3) is 0 Å². The maximum atomic E-state index is 13.5. The lowest BCUT2D eigenvalue weighted by atomic mass is 10.0. The van der Waals surface area contributed by atoms with Crippen LogP contribution in [0.15, 0.2) is 53.7 Å². The molecule has 2 aromatic rings. The molecule has 1 amide bonds. The molecule has 4 nitrogen and oxygen atoms in total. The minimum absolute atomic E-state index is 0.0671. The molecule has 1 aliphatic carbocycles. The summed E-state index contributed by atoms with van der Waals surface area (Å²) in [6.45, 7) is 0.735. The van der Waals surface area contributed by atoms with Gasteiger partial charge in [-0.3, -0.25) is 4.79 Å². The number of oxime groups is 1. The quantitative estimate of drug-likeness (QED) is 0.774. The molecular weight excluding hydrogens is 350 g/mol. The second-order valence-electron chi connectivity index (χ2n) is 7.10. The van der Waals surface area contributed by atoms with Gasteiger partial charge in [0.2, 0.25) is 5.91 Å². The third kappa shape index (κ3) is 4.32. The predicted molar refractivity (Wildman–Crippen MR) is 97.0 cm³/mol. The molecule has 0 radical (unpaired) electrons. The minimum Gasteiger partial charge on any atom is -0.390 e. The van der Waals surface area contributed by atoms with Gasteiger partial charge in [0.15, 0.2) is 6.10 Å². The fourth-order valence-corrected chi connectivity index (χ4v) is 3.26. The molecule has 1 atom stereocenters. The molecule has 2 aromatic carbocycles. The van der Waals surface area contributed by atoms with Gasteiger partial charge in [-0.05, 0) is 48.2 Å². The van der Waals surface area contributed by atoms with Crippen molar-refractivity contribution in [2.45, 2.75) is 31.9 Å². The topological polar surface area (TPSA) is 41.9 Å². The second kappa shape index (κ2) is 7.47. The van der Waals surface area contributed by atoms with Crippen molar-refractivity contribution >= 4 is 11.6 Å². The Labute approximate surface area is 156 Å². The monoisotopic (exact) mass is 370 g/mol. The maximum Gasteiger partial charge on any atom is 0.226 e. The van der Waals surface area contributed by atoms with E-state index in [-0.39, 0.29) is 29.6 Å². The van der Waals surface area contributed by atoms with Crippen LogP contribution in [0.5, 0.6) is 0 Å². The Morgan fingerprint density at radius 2 is 1.89 bits per heavy atom. The summed E-state index contributed by atoms with van der Waals surface area (Å²) in [6.07, 6.45) is 2.09. The Kier molecular flexibility index (Phi) is 4.88. The minimum atomic E-state index is -0.314. The largest absolute Gasteiger partial charge is 0.390 e. The fraction of sp³-hybridized carbons (Fsp3) is 0.333. The van der Waals surface area contributed by atoms with Crippen LogP contribution < -0.4 is 0 Å². The van der Waals surface area contributed by atoms with Gasteiger partial charge in [-0.25, -0.2) is 8.78 Å². The Bertz CT molecular complexity index is 863. The van der Waals surface area contributed by atoms with Crippen LogP contribution in [0.3, 0.4) is 0 Å². The van der Waals surface area contributed by atoms with Gasteiger partial charge < -0.3 is 9.74 Å². The maximum absolute atomic E-state index is 13.5. The predicted octanol–water partition coefficient (Wildman–Crippen LogP) is 3.90. The third-order valence-corrected chi connectivity index (χ3v) is 4.84. The molecule has 1 saturated carbocycles. The van der Waals surface area contributed by atoms with Crippen molar-refractivity contribution in [3.63, 3.8) is 0 Å². The summed E-state index contributed by atoms with van der Waals surface area (Å²) in [5, 5.41) is 4.11.